The van der Waals surface area contributed by atoms with E-state index in [1.165, 1.54) is 0 Å². The van der Waals surface area contributed by atoms with Gasteiger partial charge in [0, 0.05) is 6.54 Å². The molecule has 1 aromatic carbocycles. The fourth-order valence-corrected chi connectivity index (χ4v) is 2.90. The Bertz CT molecular complexity index is 693. The van der Waals surface area contributed by atoms with Gasteiger partial charge in [0.15, 0.2) is 0 Å². The summed E-state index contributed by atoms with van der Waals surface area (Å²) in [4.78, 5) is 17.0. The number of benzene rings is 1. The van der Waals surface area contributed by atoms with Gasteiger partial charge in [0.1, 0.15) is 11.1 Å². The average Bonchev–Trinajstić information content (AvgIpc) is 2.95. The van der Waals surface area contributed by atoms with Crippen molar-refractivity contribution in [2.24, 2.45) is 5.92 Å². The van der Waals surface area contributed by atoms with Crippen molar-refractivity contribution in [3.05, 3.63) is 33.8 Å². The molecular weight excluding hydrogens is 278 g/mol. The zero-order chi connectivity index (χ0) is 14.1. The van der Waals surface area contributed by atoms with Crippen molar-refractivity contribution in [3.8, 4) is 5.75 Å². The molecule has 0 aliphatic carbocycles. The van der Waals surface area contributed by atoms with E-state index in [1.54, 1.807) is 29.9 Å². The number of nitrogens with zero attached hydrogens (tertiary/aromatic N) is 2. The maximum absolute atomic E-state index is 12.7. The molecule has 1 saturated heterocycles. The van der Waals surface area contributed by atoms with Gasteiger partial charge in [0.2, 0.25) is 5.28 Å². The van der Waals surface area contributed by atoms with Crippen LogP contribution >= 0.6 is 11.6 Å². The summed E-state index contributed by atoms with van der Waals surface area (Å²) >= 11 is 6.17. The highest BCUT2D eigenvalue weighted by molar-refractivity contribution is 6.28. The highest BCUT2D eigenvalue weighted by Gasteiger charge is 2.19. The Labute approximate surface area is 121 Å². The number of halogens is 1. The van der Waals surface area contributed by atoms with Crippen LogP contribution < -0.4 is 15.6 Å². The van der Waals surface area contributed by atoms with Crippen LogP contribution in [-0.2, 0) is 6.54 Å². The lowest BCUT2D eigenvalue weighted by Crippen LogP contribution is -2.27. The van der Waals surface area contributed by atoms with Gasteiger partial charge in [-0.1, -0.05) is 6.07 Å². The van der Waals surface area contributed by atoms with Gasteiger partial charge >= 0.3 is 0 Å². The van der Waals surface area contributed by atoms with Crippen LogP contribution in [0.3, 0.4) is 0 Å². The lowest BCUT2D eigenvalue weighted by molar-refractivity contribution is 0.418. The van der Waals surface area contributed by atoms with E-state index in [9.17, 15) is 4.79 Å². The zero-order valence-corrected chi connectivity index (χ0v) is 12.0. The third kappa shape index (κ3) is 2.27. The van der Waals surface area contributed by atoms with Crippen LogP contribution in [0.5, 0.6) is 5.75 Å². The van der Waals surface area contributed by atoms with E-state index in [4.69, 9.17) is 16.3 Å². The second kappa shape index (κ2) is 5.42. The lowest BCUT2D eigenvalue weighted by Gasteiger charge is -2.14. The van der Waals surface area contributed by atoms with Gasteiger partial charge in [-0.2, -0.15) is 0 Å². The SMILES string of the molecule is COc1cccc2nc(Cl)n(CC3CCNC3)c(=O)c12. The Balaban J connectivity index is 2.14. The van der Waals surface area contributed by atoms with Gasteiger partial charge in [-0.25, -0.2) is 4.98 Å². The summed E-state index contributed by atoms with van der Waals surface area (Å²) in [5.74, 6) is 0.953. The Morgan fingerprint density at radius 2 is 2.40 bits per heavy atom. The van der Waals surface area contributed by atoms with E-state index in [1.807, 2.05) is 0 Å². The normalized spacial score (nSPS) is 18.6. The first-order valence-corrected chi connectivity index (χ1v) is 7.02. The molecule has 0 radical (unpaired) electrons. The van der Waals surface area contributed by atoms with E-state index < -0.39 is 0 Å². The van der Waals surface area contributed by atoms with E-state index in [0.29, 0.717) is 29.1 Å². The number of fused-ring (bicyclic) bond motifs is 1. The third-order valence-corrected chi connectivity index (χ3v) is 4.01. The van der Waals surface area contributed by atoms with Crippen molar-refractivity contribution < 1.29 is 4.74 Å². The average molecular weight is 294 g/mol. The standard InChI is InChI=1S/C14H16ClN3O2/c1-20-11-4-2-3-10-12(11)13(19)18(14(15)17-10)8-9-5-6-16-7-9/h2-4,9,16H,5-8H2,1H3. The molecule has 20 heavy (non-hydrogen) atoms. The number of aromatic nitrogens is 2. The highest BCUT2D eigenvalue weighted by atomic mass is 35.5. The predicted octanol–water partition coefficient (Wildman–Crippen LogP) is 1.67. The summed E-state index contributed by atoms with van der Waals surface area (Å²) in [6.45, 7) is 2.49. The minimum Gasteiger partial charge on any atom is -0.496 e. The second-order valence-electron chi connectivity index (χ2n) is 5.01. The topological polar surface area (TPSA) is 56.1 Å². The molecule has 1 aliphatic heterocycles. The molecule has 3 rings (SSSR count). The summed E-state index contributed by atoms with van der Waals surface area (Å²) < 4.78 is 6.81. The molecule has 6 heteroatoms. The monoisotopic (exact) mass is 293 g/mol. The first kappa shape index (κ1) is 13.4. The fourth-order valence-electron chi connectivity index (χ4n) is 2.66. The second-order valence-corrected chi connectivity index (χ2v) is 5.35. The molecule has 1 aromatic heterocycles. The van der Waals surface area contributed by atoms with Crippen molar-refractivity contribution in [2.45, 2.75) is 13.0 Å². The lowest BCUT2D eigenvalue weighted by atomic mass is 10.1. The Morgan fingerprint density at radius 1 is 1.55 bits per heavy atom. The number of rotatable bonds is 3. The number of hydrogen-bond acceptors (Lipinski definition) is 4. The molecule has 2 aromatic rings. The van der Waals surface area contributed by atoms with Crippen LogP contribution in [0.15, 0.2) is 23.0 Å². The molecule has 0 amide bonds. The quantitative estimate of drug-likeness (QED) is 0.875. The van der Waals surface area contributed by atoms with Crippen LogP contribution in [0.25, 0.3) is 10.9 Å². The fraction of sp³-hybridized carbons (Fsp3) is 0.429. The number of methoxy groups -OCH3 is 1. The van der Waals surface area contributed by atoms with Crippen LogP contribution in [0.1, 0.15) is 6.42 Å². The summed E-state index contributed by atoms with van der Waals surface area (Å²) in [6.07, 6.45) is 1.05. The molecular formula is C14H16ClN3O2. The first-order valence-electron chi connectivity index (χ1n) is 6.64. The van der Waals surface area contributed by atoms with E-state index in [0.717, 1.165) is 19.5 Å². The van der Waals surface area contributed by atoms with Crippen LogP contribution in [0.2, 0.25) is 5.28 Å². The van der Waals surface area contributed by atoms with E-state index in [-0.39, 0.29) is 10.8 Å². The minimum atomic E-state index is -0.135. The smallest absolute Gasteiger partial charge is 0.266 e. The van der Waals surface area contributed by atoms with Gasteiger partial charge in [-0.15, -0.1) is 0 Å². The largest absolute Gasteiger partial charge is 0.496 e. The van der Waals surface area contributed by atoms with Gasteiger partial charge in [0.05, 0.1) is 12.6 Å². The molecule has 5 nitrogen and oxygen atoms in total. The summed E-state index contributed by atoms with van der Waals surface area (Å²) in [5.41, 5.74) is 0.435. The van der Waals surface area contributed by atoms with Gasteiger partial charge in [-0.3, -0.25) is 9.36 Å². The van der Waals surface area contributed by atoms with Crippen molar-refractivity contribution in [1.82, 2.24) is 14.9 Å². The van der Waals surface area contributed by atoms with Crippen LogP contribution in [-0.4, -0.2) is 29.8 Å². The molecule has 106 valence electrons. The van der Waals surface area contributed by atoms with Gasteiger partial charge in [0.25, 0.3) is 5.56 Å². The molecule has 0 spiro atoms. The maximum atomic E-state index is 12.7. The van der Waals surface area contributed by atoms with Crippen molar-refractivity contribution >= 4 is 22.5 Å². The third-order valence-electron chi connectivity index (χ3n) is 3.72. The van der Waals surface area contributed by atoms with Gasteiger partial charge < -0.3 is 10.1 Å². The molecule has 1 aliphatic rings. The summed E-state index contributed by atoms with van der Waals surface area (Å²) in [6, 6.07) is 5.34. The number of nitrogens with one attached hydrogen (secondary N) is 1. The molecule has 1 unspecified atom stereocenters. The van der Waals surface area contributed by atoms with Crippen molar-refractivity contribution in [1.29, 1.82) is 0 Å². The molecule has 0 saturated carbocycles. The predicted molar refractivity (Wildman–Crippen MR) is 78.5 cm³/mol. The molecule has 1 atom stereocenters. The highest BCUT2D eigenvalue weighted by Crippen LogP contribution is 2.22. The Hall–Kier alpha value is -1.59. The van der Waals surface area contributed by atoms with Crippen LogP contribution in [0, 0.1) is 5.92 Å². The number of ether oxygens (including phenoxy) is 1. The Kier molecular flexibility index (Phi) is 3.63. The number of hydrogen-bond donors (Lipinski definition) is 1. The molecule has 1 fully saturated rings. The zero-order valence-electron chi connectivity index (χ0n) is 11.2. The minimum absolute atomic E-state index is 0.135. The maximum Gasteiger partial charge on any atom is 0.266 e. The Morgan fingerprint density at radius 3 is 3.10 bits per heavy atom. The van der Waals surface area contributed by atoms with Crippen LogP contribution in [0.4, 0.5) is 0 Å². The summed E-state index contributed by atoms with van der Waals surface area (Å²) in [5, 5.41) is 4.02. The molecule has 2 heterocycles. The molecule has 0 bridgehead atoms. The van der Waals surface area contributed by atoms with Gasteiger partial charge in [-0.05, 0) is 49.2 Å². The van der Waals surface area contributed by atoms with E-state index in [2.05, 4.69) is 10.3 Å². The summed E-state index contributed by atoms with van der Waals surface area (Å²) in [7, 11) is 1.55. The van der Waals surface area contributed by atoms with E-state index >= 15 is 0 Å². The van der Waals surface area contributed by atoms with Crippen molar-refractivity contribution in [2.75, 3.05) is 20.2 Å². The molecule has 1 N–H and O–H groups in total. The van der Waals surface area contributed by atoms with Crippen molar-refractivity contribution in [3.63, 3.8) is 0 Å². The first-order chi connectivity index (χ1) is 9.70.